The third-order valence-electron chi connectivity index (χ3n) is 3.17. The van der Waals surface area contributed by atoms with Crippen LogP contribution in [0.3, 0.4) is 0 Å². The van der Waals surface area contributed by atoms with Crippen LogP contribution >= 0.6 is 0 Å². The molecule has 0 saturated carbocycles. The van der Waals surface area contributed by atoms with Gasteiger partial charge in [0.15, 0.2) is 0 Å². The summed E-state index contributed by atoms with van der Waals surface area (Å²) in [5.41, 5.74) is 0.0117. The number of rotatable bonds is 3. The van der Waals surface area contributed by atoms with Crippen LogP contribution in [0.25, 0.3) is 10.8 Å². The van der Waals surface area contributed by atoms with Crippen LogP contribution in [0, 0.1) is 0 Å². The number of hydrogen-bond donors (Lipinski definition) is 2. The van der Waals surface area contributed by atoms with E-state index in [-0.39, 0.29) is 11.3 Å². The van der Waals surface area contributed by atoms with Crippen LogP contribution in [0.2, 0.25) is 0 Å². The molecule has 112 valence electrons. The van der Waals surface area contributed by atoms with Crippen molar-refractivity contribution in [3.63, 3.8) is 0 Å². The first kappa shape index (κ1) is 15.3. The smallest absolute Gasteiger partial charge is 0.337 e. The molecule has 21 heavy (non-hydrogen) atoms. The van der Waals surface area contributed by atoms with Gasteiger partial charge in [-0.25, -0.2) is 13.2 Å². The van der Waals surface area contributed by atoms with Gasteiger partial charge in [-0.1, -0.05) is 24.3 Å². The Morgan fingerprint density at radius 1 is 1.10 bits per heavy atom. The maximum absolute atomic E-state index is 12.2. The van der Waals surface area contributed by atoms with Crippen molar-refractivity contribution in [2.75, 3.05) is 4.72 Å². The van der Waals surface area contributed by atoms with Gasteiger partial charge in [-0.05, 0) is 43.7 Å². The summed E-state index contributed by atoms with van der Waals surface area (Å²) in [6.45, 7) is 4.66. The molecule has 2 aromatic carbocycles. The van der Waals surface area contributed by atoms with Gasteiger partial charge in [-0.2, -0.15) is 0 Å². The molecular weight excluding hydrogens is 290 g/mol. The van der Waals surface area contributed by atoms with Gasteiger partial charge in [0, 0.05) is 0 Å². The van der Waals surface area contributed by atoms with Gasteiger partial charge >= 0.3 is 5.97 Å². The Balaban J connectivity index is 2.62. The Bertz CT molecular complexity index is 804. The number of anilines is 1. The molecule has 0 aliphatic heterocycles. The highest BCUT2D eigenvalue weighted by atomic mass is 32.2. The molecule has 0 atom stereocenters. The van der Waals surface area contributed by atoms with E-state index >= 15 is 0 Å². The number of carbonyl (C=O) groups is 1. The lowest BCUT2D eigenvalue weighted by molar-refractivity contribution is 0.0698. The molecule has 0 heterocycles. The molecule has 0 unspecified atom stereocenters. The fourth-order valence-corrected chi connectivity index (χ4v) is 2.56. The molecule has 6 heteroatoms. The van der Waals surface area contributed by atoms with Crippen molar-refractivity contribution in [3.05, 3.63) is 42.0 Å². The predicted octanol–water partition coefficient (Wildman–Crippen LogP) is 3.08. The average molecular weight is 307 g/mol. The Morgan fingerprint density at radius 3 is 2.10 bits per heavy atom. The normalized spacial score (nSPS) is 12.3. The number of aromatic carboxylic acids is 1. The maximum atomic E-state index is 12.2. The zero-order chi connectivity index (χ0) is 15.8. The molecule has 2 N–H and O–H groups in total. The number of carboxylic acid groups (broad SMARTS) is 1. The molecule has 0 aliphatic rings. The fourth-order valence-electron chi connectivity index (χ4n) is 1.80. The molecule has 5 nitrogen and oxygen atoms in total. The second-order valence-electron chi connectivity index (χ2n) is 5.77. The molecular formula is C15H17NO4S. The second-order valence-corrected chi connectivity index (χ2v) is 8.20. The Hall–Kier alpha value is -2.08. The Morgan fingerprint density at radius 2 is 1.62 bits per heavy atom. The summed E-state index contributed by atoms with van der Waals surface area (Å²) in [7, 11) is -3.69. The number of fused-ring (bicyclic) bond motifs is 1. The molecule has 0 amide bonds. The average Bonchev–Trinajstić information content (AvgIpc) is 2.35. The van der Waals surface area contributed by atoms with Gasteiger partial charge < -0.3 is 5.11 Å². The van der Waals surface area contributed by atoms with Gasteiger partial charge in [-0.15, -0.1) is 0 Å². The molecule has 2 rings (SSSR count). The van der Waals surface area contributed by atoms with Crippen LogP contribution in [0.4, 0.5) is 5.69 Å². The van der Waals surface area contributed by atoms with Crippen molar-refractivity contribution in [3.8, 4) is 0 Å². The van der Waals surface area contributed by atoms with Crippen LogP contribution in [0.1, 0.15) is 31.1 Å². The van der Waals surface area contributed by atoms with Gasteiger partial charge in [0.25, 0.3) is 0 Å². The SMILES string of the molecule is CC(C)(C)S(=O)(=O)Nc1cc2ccccc2cc1C(=O)O. The van der Waals surface area contributed by atoms with E-state index in [0.29, 0.717) is 0 Å². The summed E-state index contributed by atoms with van der Waals surface area (Å²) >= 11 is 0. The molecule has 0 bridgehead atoms. The number of sulfonamides is 1. The minimum absolute atomic E-state index is 0.0680. The monoisotopic (exact) mass is 307 g/mol. The lowest BCUT2D eigenvalue weighted by atomic mass is 10.1. The molecule has 0 fully saturated rings. The minimum atomic E-state index is -3.69. The number of carboxylic acids is 1. The van der Waals surface area contributed by atoms with E-state index in [4.69, 9.17) is 0 Å². The lowest BCUT2D eigenvalue weighted by Crippen LogP contribution is -2.34. The van der Waals surface area contributed by atoms with Crippen molar-refractivity contribution in [1.29, 1.82) is 0 Å². The van der Waals surface area contributed by atoms with E-state index in [2.05, 4.69) is 4.72 Å². The van der Waals surface area contributed by atoms with Crippen molar-refractivity contribution < 1.29 is 18.3 Å². The fraction of sp³-hybridized carbons (Fsp3) is 0.267. The Labute approximate surface area is 123 Å². The summed E-state index contributed by atoms with van der Waals surface area (Å²) in [6, 6.07) is 10.2. The highest BCUT2D eigenvalue weighted by Gasteiger charge is 2.30. The maximum Gasteiger partial charge on any atom is 0.337 e. The predicted molar refractivity (Wildman–Crippen MR) is 83.2 cm³/mol. The highest BCUT2D eigenvalue weighted by Crippen LogP contribution is 2.27. The van der Waals surface area contributed by atoms with Crippen LogP contribution in [-0.4, -0.2) is 24.2 Å². The second kappa shape index (κ2) is 5.04. The van der Waals surface area contributed by atoms with Crippen LogP contribution in [-0.2, 0) is 10.0 Å². The molecule has 0 spiro atoms. The van der Waals surface area contributed by atoms with Crippen molar-refractivity contribution >= 4 is 32.5 Å². The number of nitrogens with one attached hydrogen (secondary N) is 1. The number of hydrogen-bond acceptors (Lipinski definition) is 3. The van der Waals surface area contributed by atoms with Crippen LogP contribution in [0.5, 0.6) is 0 Å². The summed E-state index contributed by atoms with van der Waals surface area (Å²) in [5, 5.41) is 10.8. The van der Waals surface area contributed by atoms with Crippen LogP contribution in [0.15, 0.2) is 36.4 Å². The summed E-state index contributed by atoms with van der Waals surface area (Å²) in [4.78, 5) is 11.4. The largest absolute Gasteiger partial charge is 0.478 e. The molecule has 0 saturated heterocycles. The van der Waals surface area contributed by atoms with E-state index in [1.54, 1.807) is 45.0 Å². The standard InChI is InChI=1S/C15H17NO4S/c1-15(2,3)21(19,20)16-13-9-11-7-5-4-6-10(11)8-12(13)14(17)18/h4-9,16H,1-3H3,(H,17,18). The molecule has 0 aliphatic carbocycles. The van der Waals surface area contributed by atoms with E-state index < -0.39 is 20.7 Å². The van der Waals surface area contributed by atoms with E-state index in [9.17, 15) is 18.3 Å². The quantitative estimate of drug-likeness (QED) is 0.912. The van der Waals surface area contributed by atoms with Crippen molar-refractivity contribution in [2.45, 2.75) is 25.5 Å². The van der Waals surface area contributed by atoms with Gasteiger partial charge in [0.2, 0.25) is 10.0 Å². The first-order chi connectivity index (χ1) is 9.62. The van der Waals surface area contributed by atoms with Gasteiger partial charge in [-0.3, -0.25) is 4.72 Å². The van der Waals surface area contributed by atoms with E-state index in [1.165, 1.54) is 6.07 Å². The van der Waals surface area contributed by atoms with E-state index in [0.717, 1.165) is 10.8 Å². The first-order valence-corrected chi connectivity index (χ1v) is 7.88. The van der Waals surface area contributed by atoms with E-state index in [1.807, 2.05) is 6.07 Å². The molecule has 0 radical (unpaired) electrons. The molecule has 0 aromatic heterocycles. The summed E-state index contributed by atoms with van der Waals surface area (Å²) in [5.74, 6) is -1.17. The van der Waals surface area contributed by atoms with Crippen LogP contribution < -0.4 is 4.72 Å². The zero-order valence-electron chi connectivity index (χ0n) is 12.0. The molecule has 2 aromatic rings. The lowest BCUT2D eigenvalue weighted by Gasteiger charge is -2.21. The first-order valence-electron chi connectivity index (χ1n) is 6.40. The Kier molecular flexibility index (Phi) is 3.67. The third-order valence-corrected chi connectivity index (χ3v) is 5.27. The van der Waals surface area contributed by atoms with Crippen molar-refractivity contribution in [2.24, 2.45) is 0 Å². The zero-order valence-corrected chi connectivity index (χ0v) is 12.9. The van der Waals surface area contributed by atoms with Gasteiger partial charge in [0.1, 0.15) is 0 Å². The highest BCUT2D eigenvalue weighted by molar-refractivity contribution is 7.94. The summed E-state index contributed by atoms with van der Waals surface area (Å²) in [6.07, 6.45) is 0. The third kappa shape index (κ3) is 3.00. The topological polar surface area (TPSA) is 83.5 Å². The minimum Gasteiger partial charge on any atom is -0.478 e. The van der Waals surface area contributed by atoms with Crippen molar-refractivity contribution in [1.82, 2.24) is 0 Å². The summed E-state index contributed by atoms with van der Waals surface area (Å²) < 4.78 is 25.8. The number of benzene rings is 2. The van der Waals surface area contributed by atoms with Gasteiger partial charge in [0.05, 0.1) is 16.0 Å².